The van der Waals surface area contributed by atoms with Crippen molar-refractivity contribution in [2.75, 3.05) is 14.2 Å². The zero-order valence-electron chi connectivity index (χ0n) is 19.9. The maximum Gasteiger partial charge on any atom is 0.237 e. The molecule has 3 aromatic rings. The Labute approximate surface area is 216 Å². The minimum absolute atomic E-state index is 0.0158. The number of carbonyl (C=O) groups excluding carboxylic acids is 2. The van der Waals surface area contributed by atoms with Crippen LogP contribution in [0, 0.1) is 5.92 Å². The maximum absolute atomic E-state index is 14.4. The summed E-state index contributed by atoms with van der Waals surface area (Å²) in [5.74, 6) is -0.732. The molecule has 0 fully saturated rings. The number of nitrogens with zero attached hydrogens (tertiary/aromatic N) is 2. The van der Waals surface area contributed by atoms with Crippen molar-refractivity contribution in [3.8, 4) is 28.5 Å². The van der Waals surface area contributed by atoms with Crippen LogP contribution in [0.3, 0.4) is 0 Å². The van der Waals surface area contributed by atoms with E-state index >= 15 is 0 Å². The third-order valence-corrected chi connectivity index (χ3v) is 7.83. The van der Waals surface area contributed by atoms with E-state index in [0.29, 0.717) is 29.1 Å². The summed E-state index contributed by atoms with van der Waals surface area (Å²) < 4.78 is 19.8. The van der Waals surface area contributed by atoms with Crippen molar-refractivity contribution >= 4 is 39.1 Å². The highest BCUT2D eigenvalue weighted by atomic mass is 79.9. The van der Waals surface area contributed by atoms with Gasteiger partial charge in [0.2, 0.25) is 17.2 Å². The normalized spacial score (nSPS) is 20.7. The van der Waals surface area contributed by atoms with Crippen LogP contribution in [0.4, 0.5) is 0 Å². The number of Topliss-reactive ketones (excluding diaryl/α,β-unsaturated/α-hetero) is 2. The number of carbonyl (C=O) groups is 2. The van der Waals surface area contributed by atoms with Crippen LogP contribution in [0.25, 0.3) is 11.3 Å². The van der Waals surface area contributed by atoms with Gasteiger partial charge in [0, 0.05) is 28.1 Å². The Bertz CT molecular complexity index is 1400. The Hall–Kier alpha value is -2.84. The molecule has 0 saturated carbocycles. The van der Waals surface area contributed by atoms with Gasteiger partial charge in [-0.3, -0.25) is 14.3 Å². The summed E-state index contributed by atoms with van der Waals surface area (Å²) >= 11 is 10.2. The number of hydrogen-bond acceptors (Lipinski definition) is 6. The fourth-order valence-electron chi connectivity index (χ4n) is 5.07. The molecule has 2 aromatic carbocycles. The highest BCUT2D eigenvalue weighted by molar-refractivity contribution is 9.10. The summed E-state index contributed by atoms with van der Waals surface area (Å²) in [6.07, 6.45) is 0.384. The van der Waals surface area contributed by atoms with Gasteiger partial charge in [-0.1, -0.05) is 52.7 Å². The number of ketones is 2. The number of benzene rings is 2. The first-order valence-electron chi connectivity index (χ1n) is 11.3. The molecule has 5 rings (SSSR count). The van der Waals surface area contributed by atoms with Crippen LogP contribution in [0.1, 0.15) is 53.2 Å². The highest BCUT2D eigenvalue weighted by Crippen LogP contribution is 2.54. The summed E-state index contributed by atoms with van der Waals surface area (Å²) in [4.78, 5) is 28.4. The average molecular weight is 560 g/mol. The van der Waals surface area contributed by atoms with Crippen LogP contribution >= 0.6 is 27.5 Å². The van der Waals surface area contributed by atoms with Gasteiger partial charge in [-0.25, -0.2) is 0 Å². The number of ether oxygens (including phenoxy) is 3. The average Bonchev–Trinajstić information content (AvgIpc) is 3.36. The summed E-state index contributed by atoms with van der Waals surface area (Å²) in [6.45, 7) is 5.84. The number of halogens is 2. The number of methoxy groups -OCH3 is 2. The molecule has 2 aliphatic rings. The fourth-order valence-corrected chi connectivity index (χ4v) is 5.80. The van der Waals surface area contributed by atoms with E-state index < -0.39 is 23.1 Å². The van der Waals surface area contributed by atoms with E-state index in [1.54, 1.807) is 0 Å². The number of fused-ring (bicyclic) bond motifs is 2. The topological polar surface area (TPSA) is 79.7 Å². The molecule has 7 nitrogen and oxygen atoms in total. The molecule has 1 aromatic heterocycles. The Balaban J connectivity index is 1.76. The Kier molecular flexibility index (Phi) is 5.72. The third-order valence-electron chi connectivity index (χ3n) is 6.78. The van der Waals surface area contributed by atoms with Crippen LogP contribution in [0.5, 0.6) is 17.2 Å². The van der Waals surface area contributed by atoms with Crippen LogP contribution in [0.2, 0.25) is 5.02 Å². The molecule has 0 N–H and O–H groups in total. The zero-order chi connectivity index (χ0) is 25.2. The number of aromatic nitrogens is 2. The minimum atomic E-state index is -1.78. The van der Waals surface area contributed by atoms with E-state index in [4.69, 9.17) is 30.9 Å². The van der Waals surface area contributed by atoms with Crippen LogP contribution in [-0.2, 0) is 6.42 Å². The van der Waals surface area contributed by atoms with Crippen molar-refractivity contribution in [3.63, 3.8) is 0 Å². The number of rotatable bonds is 4. The number of hydrogen-bond donors (Lipinski definition) is 0. The Morgan fingerprint density at radius 3 is 2.43 bits per heavy atom. The highest BCUT2D eigenvalue weighted by Gasteiger charge is 2.63. The second kappa shape index (κ2) is 8.38. The van der Waals surface area contributed by atoms with E-state index in [0.717, 1.165) is 10.0 Å². The molecule has 0 unspecified atom stereocenters. The van der Waals surface area contributed by atoms with Gasteiger partial charge < -0.3 is 14.2 Å². The third kappa shape index (κ3) is 3.19. The molecule has 0 bridgehead atoms. The molecule has 0 amide bonds. The van der Waals surface area contributed by atoms with Crippen molar-refractivity contribution < 1.29 is 23.8 Å². The molecule has 35 heavy (non-hydrogen) atoms. The van der Waals surface area contributed by atoms with Gasteiger partial charge in [-0.2, -0.15) is 5.10 Å². The van der Waals surface area contributed by atoms with Crippen molar-refractivity contribution in [2.24, 2.45) is 5.92 Å². The van der Waals surface area contributed by atoms with E-state index in [1.165, 1.54) is 20.3 Å². The molecular formula is C26H24BrClN2O5. The van der Waals surface area contributed by atoms with Gasteiger partial charge in [0.25, 0.3) is 0 Å². The first-order chi connectivity index (χ1) is 16.7. The van der Waals surface area contributed by atoms with E-state index in [9.17, 15) is 9.59 Å². The second-order valence-corrected chi connectivity index (χ2v) is 10.3. The van der Waals surface area contributed by atoms with Crippen LogP contribution in [0.15, 0.2) is 34.8 Å². The van der Waals surface area contributed by atoms with Crippen LogP contribution in [-0.4, -0.2) is 41.2 Å². The summed E-state index contributed by atoms with van der Waals surface area (Å²) in [6, 6.07) is 9.17. The van der Waals surface area contributed by atoms with Crippen molar-refractivity contribution in [1.29, 1.82) is 0 Å². The van der Waals surface area contributed by atoms with Gasteiger partial charge in [-0.05, 0) is 26.3 Å². The standard InChI is InChI=1S/C26H24BrClN2O5/c1-12(2)30-22(14-8-6-7-9-15(14)27)19-16(29-30)10-13(3)26(24(19)31)25(32)20-17(33-4)11-18(34-5)21(28)23(20)35-26/h6-9,11-13H,10H2,1-5H3/t13-,26+/m1/s1. The zero-order valence-corrected chi connectivity index (χ0v) is 22.3. The maximum atomic E-state index is 14.4. The molecule has 0 saturated heterocycles. The SMILES string of the molecule is COc1cc(OC)c2c(c1Cl)O[C@]1(C2=O)C(=O)c2c(nn(C(C)C)c2-c2ccccc2Br)C[C@H]1C. The Morgan fingerprint density at radius 2 is 1.80 bits per heavy atom. The van der Waals surface area contributed by atoms with Gasteiger partial charge in [-0.15, -0.1) is 0 Å². The van der Waals surface area contributed by atoms with Gasteiger partial charge in [0.1, 0.15) is 22.1 Å². The van der Waals surface area contributed by atoms with E-state index in [2.05, 4.69) is 15.9 Å². The summed E-state index contributed by atoms with van der Waals surface area (Å²) in [5.41, 5.74) is 0.887. The molecular weight excluding hydrogens is 536 g/mol. The first-order valence-corrected chi connectivity index (χ1v) is 12.4. The molecule has 182 valence electrons. The second-order valence-electron chi connectivity index (χ2n) is 9.09. The van der Waals surface area contributed by atoms with Gasteiger partial charge in [0.15, 0.2) is 5.75 Å². The van der Waals surface area contributed by atoms with Crippen molar-refractivity contribution in [2.45, 2.75) is 38.8 Å². The monoisotopic (exact) mass is 558 g/mol. The van der Waals surface area contributed by atoms with Gasteiger partial charge in [0.05, 0.1) is 31.2 Å². The first kappa shape index (κ1) is 23.9. The smallest absolute Gasteiger partial charge is 0.237 e. The predicted molar refractivity (Wildman–Crippen MR) is 135 cm³/mol. The molecule has 1 aliphatic carbocycles. The molecule has 2 heterocycles. The molecule has 2 atom stereocenters. The molecule has 0 radical (unpaired) electrons. The lowest BCUT2D eigenvalue weighted by Crippen LogP contribution is -2.56. The lowest BCUT2D eigenvalue weighted by atomic mass is 9.71. The van der Waals surface area contributed by atoms with E-state index in [-0.39, 0.29) is 28.1 Å². The van der Waals surface area contributed by atoms with Crippen molar-refractivity contribution in [1.82, 2.24) is 9.78 Å². The quantitative estimate of drug-likeness (QED) is 0.367. The fraction of sp³-hybridized carbons (Fsp3) is 0.346. The minimum Gasteiger partial charge on any atom is -0.496 e. The van der Waals surface area contributed by atoms with Gasteiger partial charge >= 0.3 is 0 Å². The Morgan fingerprint density at radius 1 is 1.14 bits per heavy atom. The van der Waals surface area contributed by atoms with E-state index in [1.807, 2.05) is 49.7 Å². The molecule has 9 heteroatoms. The summed E-state index contributed by atoms with van der Waals surface area (Å²) in [5, 5.41) is 4.94. The predicted octanol–water partition coefficient (Wildman–Crippen LogP) is 5.95. The molecule has 1 spiro atoms. The van der Waals surface area contributed by atoms with Crippen LogP contribution < -0.4 is 14.2 Å². The molecule has 1 aliphatic heterocycles. The largest absolute Gasteiger partial charge is 0.496 e. The lowest BCUT2D eigenvalue weighted by molar-refractivity contribution is 0.0259. The summed E-state index contributed by atoms with van der Waals surface area (Å²) in [7, 11) is 2.91. The van der Waals surface area contributed by atoms with Crippen molar-refractivity contribution in [3.05, 3.63) is 56.6 Å². The lowest BCUT2D eigenvalue weighted by Gasteiger charge is -2.35.